The van der Waals surface area contributed by atoms with Crippen molar-refractivity contribution in [2.75, 3.05) is 6.79 Å². The van der Waals surface area contributed by atoms with Crippen molar-refractivity contribution in [2.45, 2.75) is 46.6 Å². The van der Waals surface area contributed by atoms with Gasteiger partial charge in [0.15, 0.2) is 17.3 Å². The van der Waals surface area contributed by atoms with Crippen molar-refractivity contribution in [2.24, 2.45) is 5.92 Å². The van der Waals surface area contributed by atoms with E-state index in [-0.39, 0.29) is 24.9 Å². The molecule has 0 amide bonds. The molecule has 1 aliphatic heterocycles. The van der Waals surface area contributed by atoms with Gasteiger partial charge in [-0.1, -0.05) is 50.9 Å². The number of ketones is 1. The van der Waals surface area contributed by atoms with Crippen molar-refractivity contribution in [1.82, 2.24) is 4.57 Å². The number of halogens is 1. The number of nitrogens with zero attached hydrogens (tertiary/aromatic N) is 1. The normalized spacial score (nSPS) is 12.7. The van der Waals surface area contributed by atoms with Gasteiger partial charge in [-0.25, -0.2) is 0 Å². The highest BCUT2D eigenvalue weighted by molar-refractivity contribution is 6.31. The van der Waals surface area contributed by atoms with E-state index in [1.165, 1.54) is 0 Å². The summed E-state index contributed by atoms with van der Waals surface area (Å²) in [5.41, 5.74) is 4.03. The number of fused-ring (bicyclic) bond motifs is 2. The van der Waals surface area contributed by atoms with E-state index in [1.807, 2.05) is 32.0 Å². The quantitative estimate of drug-likeness (QED) is 0.454. The van der Waals surface area contributed by atoms with Gasteiger partial charge in [0.25, 0.3) is 0 Å². The summed E-state index contributed by atoms with van der Waals surface area (Å²) in [6.45, 7) is 6.47. The Labute approximate surface area is 191 Å². The number of carbonyl (C=O) groups is 2. The minimum atomic E-state index is -0.895. The van der Waals surface area contributed by atoms with E-state index in [4.69, 9.17) is 21.1 Å². The maximum Gasteiger partial charge on any atom is 0.307 e. The molecule has 6 nitrogen and oxygen atoms in total. The number of benzene rings is 2. The first kappa shape index (κ1) is 22.2. The summed E-state index contributed by atoms with van der Waals surface area (Å²) in [6, 6.07) is 9.17. The van der Waals surface area contributed by atoms with Crippen LogP contribution in [0.1, 0.15) is 54.4 Å². The molecule has 2 aromatic carbocycles. The highest BCUT2D eigenvalue weighted by Gasteiger charge is 2.25. The Kier molecular flexibility index (Phi) is 6.15. The third-order valence-corrected chi connectivity index (χ3v) is 6.07. The molecule has 4 rings (SSSR count). The van der Waals surface area contributed by atoms with Crippen LogP contribution in [0.3, 0.4) is 0 Å². The van der Waals surface area contributed by atoms with Crippen LogP contribution in [0.15, 0.2) is 30.3 Å². The fourth-order valence-electron chi connectivity index (χ4n) is 4.22. The van der Waals surface area contributed by atoms with Crippen LogP contribution in [0.5, 0.6) is 11.5 Å². The number of rotatable bonds is 8. The molecule has 1 aromatic heterocycles. The summed E-state index contributed by atoms with van der Waals surface area (Å²) in [6.07, 6.45) is 1.51. The Bertz CT molecular complexity index is 1210. The molecule has 1 N–H and O–H groups in total. The summed E-state index contributed by atoms with van der Waals surface area (Å²) >= 11 is 6.56. The number of aromatic nitrogens is 1. The van der Waals surface area contributed by atoms with Crippen molar-refractivity contribution in [3.05, 3.63) is 57.7 Å². The Hall–Kier alpha value is -2.99. The molecule has 168 valence electrons. The first-order valence-corrected chi connectivity index (χ1v) is 11.2. The van der Waals surface area contributed by atoms with Gasteiger partial charge in [0.1, 0.15) is 0 Å². The third kappa shape index (κ3) is 4.07. The van der Waals surface area contributed by atoms with Crippen LogP contribution in [0.25, 0.3) is 10.9 Å². The lowest BCUT2D eigenvalue weighted by Gasteiger charge is -2.14. The minimum absolute atomic E-state index is 0.0809. The Morgan fingerprint density at radius 3 is 2.53 bits per heavy atom. The fraction of sp³-hybridized carbons (Fsp3) is 0.360. The largest absolute Gasteiger partial charge is 0.481 e. The summed E-state index contributed by atoms with van der Waals surface area (Å²) in [4.78, 5) is 24.5. The lowest BCUT2D eigenvalue weighted by molar-refractivity contribution is -0.136. The van der Waals surface area contributed by atoms with Crippen LogP contribution in [0, 0.1) is 5.92 Å². The lowest BCUT2D eigenvalue weighted by atomic mass is 9.96. The maximum absolute atomic E-state index is 13.2. The predicted molar refractivity (Wildman–Crippen MR) is 123 cm³/mol. The molecular weight excluding hydrogens is 430 g/mol. The second-order valence-electron chi connectivity index (χ2n) is 8.40. The van der Waals surface area contributed by atoms with Gasteiger partial charge in [0.2, 0.25) is 6.79 Å². The van der Waals surface area contributed by atoms with E-state index in [9.17, 15) is 14.7 Å². The Morgan fingerprint density at radius 2 is 1.88 bits per heavy atom. The van der Waals surface area contributed by atoms with Gasteiger partial charge in [0, 0.05) is 45.7 Å². The van der Waals surface area contributed by atoms with Crippen LogP contribution in [-0.4, -0.2) is 28.2 Å². The Balaban J connectivity index is 1.93. The van der Waals surface area contributed by atoms with E-state index < -0.39 is 5.97 Å². The van der Waals surface area contributed by atoms with Crippen molar-refractivity contribution in [1.29, 1.82) is 0 Å². The van der Waals surface area contributed by atoms with E-state index in [0.717, 1.165) is 40.6 Å². The van der Waals surface area contributed by atoms with Gasteiger partial charge in [-0.3, -0.25) is 9.59 Å². The number of carbonyl (C=O) groups excluding carboxylic acids is 1. The number of carboxylic acids is 1. The van der Waals surface area contributed by atoms with Gasteiger partial charge >= 0.3 is 5.97 Å². The smallest absolute Gasteiger partial charge is 0.307 e. The average Bonchev–Trinajstić information content (AvgIpc) is 3.30. The van der Waals surface area contributed by atoms with Crippen molar-refractivity contribution in [3.63, 3.8) is 0 Å². The van der Waals surface area contributed by atoms with Gasteiger partial charge in [0.05, 0.1) is 6.42 Å². The van der Waals surface area contributed by atoms with E-state index in [0.29, 0.717) is 28.6 Å². The molecule has 0 saturated carbocycles. The number of carboxylic acid groups (broad SMARTS) is 1. The zero-order chi connectivity index (χ0) is 23.0. The van der Waals surface area contributed by atoms with E-state index in [1.54, 1.807) is 12.1 Å². The van der Waals surface area contributed by atoms with E-state index in [2.05, 4.69) is 11.5 Å². The zero-order valence-corrected chi connectivity index (χ0v) is 19.2. The molecule has 0 spiro atoms. The minimum Gasteiger partial charge on any atom is -0.481 e. The summed E-state index contributed by atoms with van der Waals surface area (Å²) in [7, 11) is 0. The van der Waals surface area contributed by atoms with Gasteiger partial charge < -0.3 is 19.1 Å². The van der Waals surface area contributed by atoms with Crippen molar-refractivity contribution >= 4 is 34.3 Å². The highest BCUT2D eigenvalue weighted by Crippen LogP contribution is 2.38. The predicted octanol–water partition coefficient (Wildman–Crippen LogP) is 5.49. The van der Waals surface area contributed by atoms with Gasteiger partial charge in [-0.2, -0.15) is 0 Å². The molecule has 0 bridgehead atoms. The van der Waals surface area contributed by atoms with E-state index >= 15 is 0 Å². The molecule has 32 heavy (non-hydrogen) atoms. The van der Waals surface area contributed by atoms with Crippen LogP contribution in [-0.2, 0) is 24.2 Å². The molecule has 1 aliphatic rings. The molecule has 7 heteroatoms. The summed E-state index contributed by atoms with van der Waals surface area (Å²) in [5.74, 6) is 0.290. The fourth-order valence-corrected chi connectivity index (χ4v) is 4.44. The van der Waals surface area contributed by atoms with Gasteiger partial charge in [-0.15, -0.1) is 0 Å². The van der Waals surface area contributed by atoms with Crippen LogP contribution < -0.4 is 9.47 Å². The molecule has 0 aliphatic carbocycles. The van der Waals surface area contributed by atoms with Gasteiger partial charge in [-0.05, 0) is 29.7 Å². The maximum atomic E-state index is 13.2. The second-order valence-corrected chi connectivity index (χ2v) is 8.80. The van der Waals surface area contributed by atoms with Crippen molar-refractivity contribution < 1.29 is 24.2 Å². The molecule has 0 atom stereocenters. The molecular formula is C25H26ClNO5. The standard InChI is InChI=1S/C25H26ClNO5/c1-4-5-19-24(25(30)14(2)3)17-7-6-15(9-23(28)29)8-20(17)27(19)12-16-10-21-22(11-18(16)26)32-13-31-21/h6-8,10-11,14H,4-5,9,12-13H2,1-3H3,(H,28,29). The molecule has 0 unspecified atom stereocenters. The number of Topliss-reactive ketones (excluding diaryl/α,β-unsaturated/α-hetero) is 1. The topological polar surface area (TPSA) is 77.8 Å². The second kappa shape index (κ2) is 8.87. The molecule has 0 saturated heterocycles. The Morgan fingerprint density at radius 1 is 1.16 bits per heavy atom. The number of hydrogen-bond acceptors (Lipinski definition) is 4. The number of hydrogen-bond donors (Lipinski definition) is 1. The van der Waals surface area contributed by atoms with Crippen LogP contribution >= 0.6 is 11.6 Å². The monoisotopic (exact) mass is 455 g/mol. The summed E-state index contributed by atoms with van der Waals surface area (Å²) < 4.78 is 13.0. The summed E-state index contributed by atoms with van der Waals surface area (Å²) in [5, 5.41) is 10.7. The van der Waals surface area contributed by atoms with Crippen LogP contribution in [0.4, 0.5) is 0 Å². The molecule has 3 aromatic rings. The molecule has 0 radical (unpaired) electrons. The SMILES string of the molecule is CCCc1c(C(=O)C(C)C)c2ccc(CC(=O)O)cc2n1Cc1cc2c(cc1Cl)OCO2. The number of ether oxygens (including phenoxy) is 2. The highest BCUT2D eigenvalue weighted by atomic mass is 35.5. The lowest BCUT2D eigenvalue weighted by Crippen LogP contribution is -2.12. The average molecular weight is 456 g/mol. The van der Waals surface area contributed by atoms with Crippen LogP contribution in [0.2, 0.25) is 5.02 Å². The third-order valence-electron chi connectivity index (χ3n) is 5.72. The first-order chi connectivity index (χ1) is 15.3. The first-order valence-electron chi connectivity index (χ1n) is 10.8. The molecule has 2 heterocycles. The van der Waals surface area contributed by atoms with Crippen molar-refractivity contribution in [3.8, 4) is 11.5 Å². The zero-order valence-electron chi connectivity index (χ0n) is 18.4. The number of aliphatic carboxylic acids is 1. The molecule has 0 fully saturated rings.